The molecule has 7 heteroatoms. The highest BCUT2D eigenvalue weighted by Crippen LogP contribution is 2.17. The fraction of sp³-hybridized carbons (Fsp3) is 0.600. The number of rotatable bonds is 7. The summed E-state index contributed by atoms with van der Waals surface area (Å²) in [5.74, 6) is 0.981. The van der Waals surface area contributed by atoms with Crippen LogP contribution < -0.4 is 15.4 Å². The predicted molar refractivity (Wildman–Crippen MR) is 102 cm³/mol. The summed E-state index contributed by atoms with van der Waals surface area (Å²) >= 11 is 0. The van der Waals surface area contributed by atoms with Crippen LogP contribution >= 0.6 is 0 Å². The molecular formula is C20H29N3O4. The SMILES string of the molecule is COc1cccc(CCNC(=O)CC2CN(C(=O)C3CCOC3)CCN2)c1. The molecule has 2 unspecified atom stereocenters. The molecule has 0 spiro atoms. The molecule has 0 bridgehead atoms. The van der Waals surface area contributed by atoms with Gasteiger partial charge in [-0.15, -0.1) is 0 Å². The first-order chi connectivity index (χ1) is 13.2. The van der Waals surface area contributed by atoms with Crippen LogP contribution in [-0.2, 0) is 20.7 Å². The zero-order valence-corrected chi connectivity index (χ0v) is 15.9. The standard InChI is InChI=1S/C20H29N3O4/c1-26-18-4-2-3-15(11-18)5-7-22-19(24)12-17-13-23(9-8-21-17)20(25)16-6-10-27-14-16/h2-4,11,16-17,21H,5-10,12-14H2,1H3,(H,22,24). The summed E-state index contributed by atoms with van der Waals surface area (Å²) < 4.78 is 10.5. The van der Waals surface area contributed by atoms with E-state index in [9.17, 15) is 9.59 Å². The summed E-state index contributed by atoms with van der Waals surface area (Å²) in [4.78, 5) is 26.7. The number of hydrogen-bond donors (Lipinski definition) is 2. The second-order valence-corrected chi connectivity index (χ2v) is 7.15. The van der Waals surface area contributed by atoms with Crippen molar-refractivity contribution in [2.75, 3.05) is 46.5 Å². The van der Waals surface area contributed by atoms with E-state index in [1.807, 2.05) is 29.2 Å². The van der Waals surface area contributed by atoms with Crippen molar-refractivity contribution in [2.24, 2.45) is 5.92 Å². The highest BCUT2D eigenvalue weighted by Gasteiger charge is 2.31. The van der Waals surface area contributed by atoms with Gasteiger partial charge in [-0.05, 0) is 30.5 Å². The lowest BCUT2D eigenvalue weighted by atomic mass is 10.0. The molecule has 148 valence electrons. The average Bonchev–Trinajstić information content (AvgIpc) is 3.22. The quantitative estimate of drug-likeness (QED) is 0.729. The van der Waals surface area contributed by atoms with Crippen LogP contribution in [0, 0.1) is 5.92 Å². The van der Waals surface area contributed by atoms with E-state index >= 15 is 0 Å². The predicted octanol–water partition coefficient (Wildman–Crippen LogP) is 0.581. The zero-order chi connectivity index (χ0) is 19.1. The van der Waals surface area contributed by atoms with Crippen molar-refractivity contribution in [3.8, 4) is 5.75 Å². The van der Waals surface area contributed by atoms with E-state index in [2.05, 4.69) is 10.6 Å². The number of hydrogen-bond acceptors (Lipinski definition) is 5. The number of benzene rings is 1. The van der Waals surface area contributed by atoms with Gasteiger partial charge in [0.2, 0.25) is 11.8 Å². The molecule has 2 amide bonds. The van der Waals surface area contributed by atoms with Crippen molar-refractivity contribution in [1.82, 2.24) is 15.5 Å². The van der Waals surface area contributed by atoms with Crippen LogP contribution in [0.1, 0.15) is 18.4 Å². The Labute approximate surface area is 160 Å². The highest BCUT2D eigenvalue weighted by atomic mass is 16.5. The van der Waals surface area contributed by atoms with Gasteiger partial charge in [-0.1, -0.05) is 12.1 Å². The van der Waals surface area contributed by atoms with Crippen molar-refractivity contribution in [3.63, 3.8) is 0 Å². The summed E-state index contributed by atoms with van der Waals surface area (Å²) in [5, 5.41) is 6.32. The minimum absolute atomic E-state index is 0.00170. The van der Waals surface area contributed by atoms with Crippen LogP contribution in [0.4, 0.5) is 0 Å². The molecule has 27 heavy (non-hydrogen) atoms. The van der Waals surface area contributed by atoms with Gasteiger partial charge >= 0.3 is 0 Å². The Hall–Kier alpha value is -2.12. The molecule has 7 nitrogen and oxygen atoms in total. The molecule has 2 N–H and O–H groups in total. The maximum Gasteiger partial charge on any atom is 0.228 e. The first-order valence-corrected chi connectivity index (χ1v) is 9.65. The van der Waals surface area contributed by atoms with Crippen LogP contribution in [-0.4, -0.2) is 69.3 Å². The van der Waals surface area contributed by atoms with Gasteiger partial charge in [0.15, 0.2) is 0 Å². The molecule has 1 aromatic rings. The third-order valence-corrected chi connectivity index (χ3v) is 5.15. The number of piperazine rings is 1. The third kappa shape index (κ3) is 5.68. The number of amides is 2. The van der Waals surface area contributed by atoms with Crippen molar-refractivity contribution in [3.05, 3.63) is 29.8 Å². The van der Waals surface area contributed by atoms with E-state index < -0.39 is 0 Å². The van der Waals surface area contributed by atoms with E-state index in [4.69, 9.17) is 9.47 Å². The van der Waals surface area contributed by atoms with Gasteiger partial charge in [0.05, 0.1) is 19.6 Å². The second-order valence-electron chi connectivity index (χ2n) is 7.15. The van der Waals surface area contributed by atoms with Gasteiger partial charge in [0.1, 0.15) is 5.75 Å². The number of nitrogens with zero attached hydrogens (tertiary/aromatic N) is 1. The van der Waals surface area contributed by atoms with Gasteiger partial charge < -0.3 is 25.0 Å². The lowest BCUT2D eigenvalue weighted by Crippen LogP contribution is -2.55. The molecular weight excluding hydrogens is 346 g/mol. The van der Waals surface area contributed by atoms with E-state index in [1.54, 1.807) is 7.11 Å². The summed E-state index contributed by atoms with van der Waals surface area (Å²) in [6, 6.07) is 7.85. The first-order valence-electron chi connectivity index (χ1n) is 9.65. The van der Waals surface area contributed by atoms with Crippen LogP contribution in [0.15, 0.2) is 24.3 Å². The zero-order valence-electron chi connectivity index (χ0n) is 15.9. The maximum absolute atomic E-state index is 12.5. The average molecular weight is 375 g/mol. The molecule has 0 radical (unpaired) electrons. The van der Waals surface area contributed by atoms with E-state index in [1.165, 1.54) is 0 Å². The molecule has 1 aromatic carbocycles. The molecule has 2 saturated heterocycles. The summed E-state index contributed by atoms with van der Waals surface area (Å²) in [7, 11) is 1.64. The molecule has 2 atom stereocenters. The third-order valence-electron chi connectivity index (χ3n) is 5.15. The molecule has 2 aliphatic rings. The highest BCUT2D eigenvalue weighted by molar-refractivity contribution is 5.80. The fourth-order valence-corrected chi connectivity index (χ4v) is 3.62. The molecule has 2 heterocycles. The second kappa shape index (κ2) is 9.71. The summed E-state index contributed by atoms with van der Waals surface area (Å²) in [5.41, 5.74) is 1.13. The van der Waals surface area contributed by atoms with E-state index in [0.717, 1.165) is 30.7 Å². The van der Waals surface area contributed by atoms with Gasteiger partial charge in [-0.2, -0.15) is 0 Å². The molecule has 0 saturated carbocycles. The number of methoxy groups -OCH3 is 1. The largest absolute Gasteiger partial charge is 0.497 e. The Morgan fingerprint density at radius 2 is 2.30 bits per heavy atom. The first kappa shape index (κ1) is 19.6. The molecule has 0 aromatic heterocycles. The fourth-order valence-electron chi connectivity index (χ4n) is 3.62. The minimum Gasteiger partial charge on any atom is -0.497 e. The topological polar surface area (TPSA) is 79.9 Å². The van der Waals surface area contributed by atoms with Crippen molar-refractivity contribution in [1.29, 1.82) is 0 Å². The van der Waals surface area contributed by atoms with Crippen molar-refractivity contribution < 1.29 is 19.1 Å². The van der Waals surface area contributed by atoms with Gasteiger partial charge in [0.25, 0.3) is 0 Å². The van der Waals surface area contributed by atoms with Crippen molar-refractivity contribution in [2.45, 2.75) is 25.3 Å². The van der Waals surface area contributed by atoms with Crippen LogP contribution in [0.2, 0.25) is 0 Å². The van der Waals surface area contributed by atoms with Gasteiger partial charge in [0, 0.05) is 45.2 Å². The normalized spacial score (nSPS) is 22.5. The maximum atomic E-state index is 12.5. The Bertz CT molecular complexity index is 646. The summed E-state index contributed by atoms with van der Waals surface area (Å²) in [6.07, 6.45) is 1.94. The van der Waals surface area contributed by atoms with E-state index in [0.29, 0.717) is 39.3 Å². The Kier molecular flexibility index (Phi) is 7.06. The van der Waals surface area contributed by atoms with E-state index in [-0.39, 0.29) is 23.8 Å². The smallest absolute Gasteiger partial charge is 0.228 e. The van der Waals surface area contributed by atoms with Crippen LogP contribution in [0.25, 0.3) is 0 Å². The lowest BCUT2D eigenvalue weighted by Gasteiger charge is -2.34. The Balaban J connectivity index is 1.40. The molecule has 2 fully saturated rings. The number of carbonyl (C=O) groups excluding carboxylic acids is 2. The molecule has 0 aliphatic carbocycles. The minimum atomic E-state index is -0.0135. The van der Waals surface area contributed by atoms with Crippen LogP contribution in [0.5, 0.6) is 5.75 Å². The Morgan fingerprint density at radius 3 is 3.07 bits per heavy atom. The van der Waals surface area contributed by atoms with Crippen LogP contribution in [0.3, 0.4) is 0 Å². The Morgan fingerprint density at radius 1 is 1.41 bits per heavy atom. The van der Waals surface area contributed by atoms with Crippen molar-refractivity contribution >= 4 is 11.8 Å². The van der Waals surface area contributed by atoms with Gasteiger partial charge in [-0.25, -0.2) is 0 Å². The number of carbonyl (C=O) groups is 2. The van der Waals surface area contributed by atoms with Gasteiger partial charge in [-0.3, -0.25) is 9.59 Å². The molecule has 3 rings (SSSR count). The number of ether oxygens (including phenoxy) is 2. The number of nitrogens with one attached hydrogen (secondary N) is 2. The molecule has 2 aliphatic heterocycles. The lowest BCUT2D eigenvalue weighted by molar-refractivity contribution is -0.137. The monoisotopic (exact) mass is 375 g/mol. The summed E-state index contributed by atoms with van der Waals surface area (Å²) in [6.45, 7) is 3.78.